The van der Waals surface area contributed by atoms with Crippen molar-refractivity contribution in [3.63, 3.8) is 0 Å². The maximum absolute atomic E-state index is 6.50. The second kappa shape index (κ2) is 10.3. The molecule has 0 saturated carbocycles. The van der Waals surface area contributed by atoms with Gasteiger partial charge in [0.15, 0.2) is 0 Å². The average molecular weight is 494 g/mol. The number of halogens is 2. The first-order valence-corrected chi connectivity index (χ1v) is 11.4. The summed E-state index contributed by atoms with van der Waals surface area (Å²) in [4.78, 5) is 27.3. The normalized spacial score (nSPS) is 13.5. The van der Waals surface area contributed by atoms with Crippen LogP contribution in [-0.2, 0) is 0 Å². The molecule has 4 aromatic rings. The van der Waals surface area contributed by atoms with Gasteiger partial charge in [-0.2, -0.15) is 0 Å². The molecule has 7 nitrogen and oxygen atoms in total. The van der Waals surface area contributed by atoms with Gasteiger partial charge < -0.3 is 9.80 Å². The minimum atomic E-state index is 0. The summed E-state index contributed by atoms with van der Waals surface area (Å²) in [6.45, 7) is 5.15. The van der Waals surface area contributed by atoms with Crippen LogP contribution >= 0.6 is 23.2 Å². The van der Waals surface area contributed by atoms with Crippen molar-refractivity contribution in [1.82, 2.24) is 24.9 Å². The Kier molecular flexibility index (Phi) is 7.24. The Bertz CT molecular complexity index is 1270. The SMILES string of the molecule is C.Cc1ccnc(N2CCN(c3cnc(-c4ccc(Cl)cc4)c(-c4ccncc4Cl)n3)CC2)n1. The molecule has 3 aromatic heterocycles. The third-order valence-electron chi connectivity index (χ3n) is 5.57. The van der Waals surface area contributed by atoms with Crippen LogP contribution in [0.5, 0.6) is 0 Å². The van der Waals surface area contributed by atoms with Crippen LogP contribution in [0.25, 0.3) is 22.5 Å². The Morgan fingerprint density at radius 1 is 0.765 bits per heavy atom. The Labute approximate surface area is 209 Å². The van der Waals surface area contributed by atoms with Crippen LogP contribution in [0, 0.1) is 6.92 Å². The summed E-state index contributed by atoms with van der Waals surface area (Å²) in [6.07, 6.45) is 6.95. The van der Waals surface area contributed by atoms with E-state index in [0.717, 1.165) is 60.5 Å². The number of pyridine rings is 1. The summed E-state index contributed by atoms with van der Waals surface area (Å²) in [5.41, 5.74) is 4.13. The van der Waals surface area contributed by atoms with Crippen LogP contribution in [0.3, 0.4) is 0 Å². The lowest BCUT2D eigenvalue weighted by Crippen LogP contribution is -2.47. The molecule has 5 rings (SSSR count). The number of aromatic nitrogens is 5. The molecular formula is C25H25Cl2N7. The molecule has 0 spiro atoms. The molecule has 174 valence electrons. The lowest BCUT2D eigenvalue weighted by atomic mass is 10.0. The molecule has 0 atom stereocenters. The molecule has 1 aliphatic heterocycles. The number of benzene rings is 1. The highest BCUT2D eigenvalue weighted by Crippen LogP contribution is 2.34. The van der Waals surface area contributed by atoms with Crippen molar-refractivity contribution in [2.75, 3.05) is 36.0 Å². The summed E-state index contributed by atoms with van der Waals surface area (Å²) in [7, 11) is 0. The Hall–Kier alpha value is -3.29. The number of anilines is 2. The summed E-state index contributed by atoms with van der Waals surface area (Å²) in [5.74, 6) is 1.57. The molecule has 9 heteroatoms. The fourth-order valence-corrected chi connectivity index (χ4v) is 4.16. The monoisotopic (exact) mass is 493 g/mol. The standard InChI is InChI=1S/C24H21Cl2N7.CH4/c1-16-6-9-28-24(30-16)33-12-10-32(11-13-33)21-15-29-22(17-2-4-18(25)5-3-17)23(31-21)19-7-8-27-14-20(19)26;/h2-9,14-15H,10-13H2,1H3;1H4. The maximum atomic E-state index is 6.50. The van der Waals surface area contributed by atoms with Gasteiger partial charge in [-0.1, -0.05) is 42.8 Å². The van der Waals surface area contributed by atoms with Gasteiger partial charge in [0.2, 0.25) is 5.95 Å². The number of hydrogen-bond donors (Lipinski definition) is 0. The van der Waals surface area contributed by atoms with E-state index >= 15 is 0 Å². The largest absolute Gasteiger partial charge is 0.352 e. The average Bonchev–Trinajstić information content (AvgIpc) is 2.85. The van der Waals surface area contributed by atoms with E-state index in [4.69, 9.17) is 33.2 Å². The summed E-state index contributed by atoms with van der Waals surface area (Å²) >= 11 is 12.6. The quantitative estimate of drug-likeness (QED) is 0.367. The number of hydrogen-bond acceptors (Lipinski definition) is 7. The van der Waals surface area contributed by atoms with Gasteiger partial charge >= 0.3 is 0 Å². The third-order valence-corrected chi connectivity index (χ3v) is 6.13. The van der Waals surface area contributed by atoms with Gasteiger partial charge in [0.25, 0.3) is 0 Å². The van der Waals surface area contributed by atoms with Gasteiger partial charge in [-0.05, 0) is 31.2 Å². The smallest absolute Gasteiger partial charge is 0.225 e. The molecule has 0 unspecified atom stereocenters. The van der Waals surface area contributed by atoms with Crippen molar-refractivity contribution in [2.24, 2.45) is 0 Å². The zero-order valence-electron chi connectivity index (χ0n) is 18.0. The molecule has 0 amide bonds. The van der Waals surface area contributed by atoms with E-state index in [9.17, 15) is 0 Å². The first-order valence-electron chi connectivity index (χ1n) is 10.6. The minimum absolute atomic E-state index is 0. The van der Waals surface area contributed by atoms with Crippen molar-refractivity contribution in [2.45, 2.75) is 14.4 Å². The van der Waals surface area contributed by atoms with Crippen LogP contribution in [0.4, 0.5) is 11.8 Å². The van der Waals surface area contributed by atoms with Gasteiger partial charge in [0.05, 0.1) is 16.9 Å². The topological polar surface area (TPSA) is 70.9 Å². The van der Waals surface area contributed by atoms with E-state index in [1.54, 1.807) is 18.6 Å². The highest BCUT2D eigenvalue weighted by Gasteiger charge is 2.22. The van der Waals surface area contributed by atoms with Gasteiger partial charge in [-0.3, -0.25) is 9.97 Å². The molecule has 0 radical (unpaired) electrons. The van der Waals surface area contributed by atoms with E-state index < -0.39 is 0 Å². The minimum Gasteiger partial charge on any atom is -0.352 e. The fourth-order valence-electron chi connectivity index (χ4n) is 3.83. The van der Waals surface area contributed by atoms with Crippen LogP contribution < -0.4 is 9.80 Å². The summed E-state index contributed by atoms with van der Waals surface area (Å²) in [6, 6.07) is 11.3. The van der Waals surface area contributed by atoms with Crippen LogP contribution in [0.1, 0.15) is 13.1 Å². The summed E-state index contributed by atoms with van der Waals surface area (Å²) < 4.78 is 0. The van der Waals surface area contributed by atoms with Crippen LogP contribution in [-0.4, -0.2) is 51.1 Å². The molecule has 0 N–H and O–H groups in total. The van der Waals surface area contributed by atoms with Crippen molar-refractivity contribution in [3.05, 3.63) is 76.9 Å². The second-order valence-electron chi connectivity index (χ2n) is 7.76. The number of aryl methyl sites for hydroxylation is 1. The molecular weight excluding hydrogens is 469 g/mol. The molecule has 1 fully saturated rings. The Morgan fingerprint density at radius 2 is 1.50 bits per heavy atom. The molecule has 1 aliphatic rings. The highest BCUT2D eigenvalue weighted by molar-refractivity contribution is 6.33. The molecule has 34 heavy (non-hydrogen) atoms. The number of rotatable bonds is 4. The number of nitrogens with zero attached hydrogens (tertiary/aromatic N) is 7. The molecule has 1 saturated heterocycles. The summed E-state index contributed by atoms with van der Waals surface area (Å²) in [5, 5.41) is 1.20. The molecule has 4 heterocycles. The van der Waals surface area contributed by atoms with Crippen molar-refractivity contribution in [1.29, 1.82) is 0 Å². The first-order chi connectivity index (χ1) is 16.1. The van der Waals surface area contributed by atoms with E-state index in [1.807, 2.05) is 49.5 Å². The highest BCUT2D eigenvalue weighted by atomic mass is 35.5. The fraction of sp³-hybridized carbons (Fsp3) is 0.240. The van der Waals surface area contributed by atoms with Crippen molar-refractivity contribution in [3.8, 4) is 22.5 Å². The van der Waals surface area contributed by atoms with Gasteiger partial charge in [0, 0.05) is 66.6 Å². The predicted octanol–water partition coefficient (Wildman–Crippen LogP) is 5.57. The maximum Gasteiger partial charge on any atom is 0.225 e. The zero-order valence-corrected chi connectivity index (χ0v) is 19.5. The van der Waals surface area contributed by atoms with Gasteiger partial charge in [-0.25, -0.2) is 15.0 Å². The van der Waals surface area contributed by atoms with Crippen LogP contribution in [0.15, 0.2) is 61.2 Å². The Morgan fingerprint density at radius 3 is 2.21 bits per heavy atom. The molecule has 1 aromatic carbocycles. The van der Waals surface area contributed by atoms with E-state index in [1.165, 1.54) is 0 Å². The molecule has 0 bridgehead atoms. The number of piperazine rings is 1. The lowest BCUT2D eigenvalue weighted by Gasteiger charge is -2.35. The predicted molar refractivity (Wildman–Crippen MR) is 139 cm³/mol. The van der Waals surface area contributed by atoms with E-state index in [0.29, 0.717) is 15.7 Å². The van der Waals surface area contributed by atoms with E-state index in [2.05, 4.69) is 24.8 Å². The zero-order chi connectivity index (χ0) is 22.8. The van der Waals surface area contributed by atoms with E-state index in [-0.39, 0.29) is 7.43 Å². The van der Waals surface area contributed by atoms with Gasteiger partial charge in [-0.15, -0.1) is 0 Å². The van der Waals surface area contributed by atoms with Crippen molar-refractivity contribution < 1.29 is 0 Å². The Balaban J connectivity index is 0.00000274. The first kappa shape index (κ1) is 23.9. The lowest BCUT2D eigenvalue weighted by molar-refractivity contribution is 0.633. The third kappa shape index (κ3) is 4.95. The second-order valence-corrected chi connectivity index (χ2v) is 8.60. The van der Waals surface area contributed by atoms with Crippen molar-refractivity contribution >= 4 is 35.0 Å². The molecule has 0 aliphatic carbocycles. The van der Waals surface area contributed by atoms with Gasteiger partial charge in [0.1, 0.15) is 11.5 Å². The van der Waals surface area contributed by atoms with Crippen LogP contribution in [0.2, 0.25) is 10.0 Å².